The molecule has 0 N–H and O–H groups in total. The van der Waals surface area contributed by atoms with Crippen molar-refractivity contribution in [2.24, 2.45) is 0 Å². The van der Waals surface area contributed by atoms with Gasteiger partial charge in [-0.2, -0.15) is 13.2 Å². The van der Waals surface area contributed by atoms with Crippen molar-refractivity contribution in [2.45, 2.75) is 24.5 Å². The Labute approximate surface area is 143 Å². The fraction of sp³-hybridized carbons (Fsp3) is 0.278. The molecule has 0 radical (unpaired) electrons. The SMILES string of the molecule is Cc1ccc(SCC(=O)N(C)Cc2ccc(C(F)(F)F)cc2)cc1. The van der Waals surface area contributed by atoms with Crippen molar-refractivity contribution in [3.63, 3.8) is 0 Å². The second kappa shape index (κ2) is 7.75. The third kappa shape index (κ3) is 5.30. The summed E-state index contributed by atoms with van der Waals surface area (Å²) in [5, 5.41) is 0. The standard InChI is InChI=1S/C18H18F3NOS/c1-13-3-9-16(10-4-13)24-12-17(23)22(2)11-14-5-7-15(8-6-14)18(19,20)21/h3-10H,11-12H2,1-2H3. The van der Waals surface area contributed by atoms with Gasteiger partial charge in [0.05, 0.1) is 11.3 Å². The first-order valence-electron chi connectivity index (χ1n) is 7.35. The van der Waals surface area contributed by atoms with E-state index >= 15 is 0 Å². The molecule has 24 heavy (non-hydrogen) atoms. The quantitative estimate of drug-likeness (QED) is 0.722. The number of rotatable bonds is 5. The van der Waals surface area contributed by atoms with Crippen molar-refractivity contribution in [3.05, 3.63) is 65.2 Å². The molecule has 0 aliphatic rings. The minimum Gasteiger partial charge on any atom is -0.341 e. The molecule has 0 saturated carbocycles. The van der Waals surface area contributed by atoms with Gasteiger partial charge in [-0.3, -0.25) is 4.79 Å². The monoisotopic (exact) mass is 353 g/mol. The molecule has 1 amide bonds. The Morgan fingerprint density at radius 2 is 1.62 bits per heavy atom. The lowest BCUT2D eigenvalue weighted by Gasteiger charge is -2.17. The first kappa shape index (κ1) is 18.4. The number of benzene rings is 2. The number of aryl methyl sites for hydroxylation is 1. The van der Waals surface area contributed by atoms with Gasteiger partial charge in [0.1, 0.15) is 0 Å². The molecule has 0 bridgehead atoms. The van der Waals surface area contributed by atoms with E-state index in [9.17, 15) is 18.0 Å². The maximum absolute atomic E-state index is 12.5. The van der Waals surface area contributed by atoms with Crippen LogP contribution in [0.2, 0.25) is 0 Å². The summed E-state index contributed by atoms with van der Waals surface area (Å²) in [5.41, 5.74) is 1.14. The Morgan fingerprint density at radius 1 is 1.04 bits per heavy atom. The number of hydrogen-bond donors (Lipinski definition) is 0. The number of carbonyl (C=O) groups is 1. The summed E-state index contributed by atoms with van der Waals surface area (Å²) in [6.45, 7) is 2.28. The Kier molecular flexibility index (Phi) is 5.94. The van der Waals surface area contributed by atoms with Crippen LogP contribution in [0.25, 0.3) is 0 Å². The van der Waals surface area contributed by atoms with Crippen molar-refractivity contribution in [3.8, 4) is 0 Å². The summed E-state index contributed by atoms with van der Waals surface area (Å²) >= 11 is 1.44. The van der Waals surface area contributed by atoms with Crippen LogP contribution < -0.4 is 0 Å². The second-order valence-corrected chi connectivity index (χ2v) is 6.59. The third-order valence-electron chi connectivity index (χ3n) is 3.51. The van der Waals surface area contributed by atoms with Crippen LogP contribution in [0.4, 0.5) is 13.2 Å². The molecule has 0 aliphatic carbocycles. The zero-order chi connectivity index (χ0) is 17.7. The van der Waals surface area contributed by atoms with E-state index in [1.54, 1.807) is 7.05 Å². The van der Waals surface area contributed by atoms with Crippen molar-refractivity contribution in [1.29, 1.82) is 0 Å². The minimum atomic E-state index is -4.34. The first-order chi connectivity index (χ1) is 11.3. The number of thioether (sulfide) groups is 1. The van der Waals surface area contributed by atoms with Crippen LogP contribution in [0, 0.1) is 6.92 Å². The van der Waals surface area contributed by atoms with Crippen LogP contribution in [0.5, 0.6) is 0 Å². The van der Waals surface area contributed by atoms with Crippen molar-refractivity contribution < 1.29 is 18.0 Å². The first-order valence-corrected chi connectivity index (χ1v) is 8.34. The van der Waals surface area contributed by atoms with Crippen molar-refractivity contribution in [2.75, 3.05) is 12.8 Å². The molecular weight excluding hydrogens is 335 g/mol. The van der Waals surface area contributed by atoms with E-state index in [1.807, 2.05) is 31.2 Å². The van der Waals surface area contributed by atoms with Crippen LogP contribution in [-0.4, -0.2) is 23.6 Å². The molecule has 2 aromatic carbocycles. The zero-order valence-electron chi connectivity index (χ0n) is 13.4. The second-order valence-electron chi connectivity index (χ2n) is 5.55. The Balaban J connectivity index is 1.88. The summed E-state index contributed by atoms with van der Waals surface area (Å²) < 4.78 is 37.6. The van der Waals surface area contributed by atoms with Crippen molar-refractivity contribution in [1.82, 2.24) is 4.90 Å². The van der Waals surface area contributed by atoms with E-state index in [4.69, 9.17) is 0 Å². The molecule has 0 atom stereocenters. The molecular formula is C18H18F3NOS. The highest BCUT2D eigenvalue weighted by Gasteiger charge is 2.29. The van der Waals surface area contributed by atoms with Gasteiger partial charge in [0.25, 0.3) is 0 Å². The van der Waals surface area contributed by atoms with Gasteiger partial charge in [0, 0.05) is 18.5 Å². The topological polar surface area (TPSA) is 20.3 Å². The van der Waals surface area contributed by atoms with Crippen molar-refractivity contribution >= 4 is 17.7 Å². The summed E-state index contributed by atoms with van der Waals surface area (Å²) in [5.74, 6) is 0.223. The number of carbonyl (C=O) groups excluding carboxylic acids is 1. The van der Waals surface area contributed by atoms with Crippen LogP contribution in [0.3, 0.4) is 0 Å². The predicted octanol–water partition coefficient (Wildman–Crippen LogP) is 4.76. The van der Waals surface area contributed by atoms with Crippen LogP contribution in [0.15, 0.2) is 53.4 Å². The highest BCUT2D eigenvalue weighted by atomic mass is 32.2. The van der Waals surface area contributed by atoms with Gasteiger partial charge >= 0.3 is 6.18 Å². The third-order valence-corrected chi connectivity index (χ3v) is 4.51. The van der Waals surface area contributed by atoms with Gasteiger partial charge in [-0.05, 0) is 36.8 Å². The molecule has 2 rings (SSSR count). The number of halogens is 3. The number of alkyl halides is 3. The number of amides is 1. The van der Waals surface area contributed by atoms with E-state index in [-0.39, 0.29) is 12.5 Å². The summed E-state index contributed by atoms with van der Waals surface area (Å²) in [6.07, 6.45) is -4.34. The maximum Gasteiger partial charge on any atom is 0.416 e. The fourth-order valence-corrected chi connectivity index (χ4v) is 2.89. The Bertz CT molecular complexity index is 681. The lowest BCUT2D eigenvalue weighted by Crippen LogP contribution is -2.27. The Morgan fingerprint density at radius 3 is 2.17 bits per heavy atom. The molecule has 0 aliphatic heterocycles. The van der Waals surface area contributed by atoms with Crippen LogP contribution >= 0.6 is 11.8 Å². The van der Waals surface area contributed by atoms with E-state index in [0.29, 0.717) is 11.3 Å². The lowest BCUT2D eigenvalue weighted by atomic mass is 10.1. The lowest BCUT2D eigenvalue weighted by molar-refractivity contribution is -0.137. The molecule has 2 nitrogen and oxygen atoms in total. The van der Waals surface area contributed by atoms with Gasteiger partial charge in [-0.15, -0.1) is 11.8 Å². The molecule has 6 heteroatoms. The summed E-state index contributed by atoms with van der Waals surface area (Å²) in [6, 6.07) is 12.8. The number of hydrogen-bond acceptors (Lipinski definition) is 2. The summed E-state index contributed by atoms with van der Waals surface area (Å²) in [7, 11) is 1.65. The van der Waals surface area contributed by atoms with E-state index in [0.717, 1.165) is 22.6 Å². The smallest absolute Gasteiger partial charge is 0.341 e. The minimum absolute atomic E-state index is 0.0690. The van der Waals surface area contributed by atoms with Gasteiger partial charge < -0.3 is 4.90 Å². The highest BCUT2D eigenvalue weighted by Crippen LogP contribution is 2.29. The maximum atomic E-state index is 12.5. The molecule has 0 heterocycles. The molecule has 0 spiro atoms. The molecule has 2 aromatic rings. The van der Waals surface area contributed by atoms with Crippen LogP contribution in [-0.2, 0) is 17.5 Å². The molecule has 128 valence electrons. The van der Waals surface area contributed by atoms with E-state index in [2.05, 4.69) is 0 Å². The molecule has 0 aromatic heterocycles. The zero-order valence-corrected chi connectivity index (χ0v) is 14.2. The average Bonchev–Trinajstić information content (AvgIpc) is 2.53. The van der Waals surface area contributed by atoms with Gasteiger partial charge in [0.2, 0.25) is 5.91 Å². The fourth-order valence-electron chi connectivity index (χ4n) is 2.05. The summed E-state index contributed by atoms with van der Waals surface area (Å²) in [4.78, 5) is 14.7. The average molecular weight is 353 g/mol. The van der Waals surface area contributed by atoms with E-state index < -0.39 is 11.7 Å². The number of nitrogens with zero attached hydrogens (tertiary/aromatic N) is 1. The molecule has 0 unspecified atom stereocenters. The van der Waals surface area contributed by atoms with E-state index in [1.165, 1.54) is 28.8 Å². The molecule has 0 fully saturated rings. The Hall–Kier alpha value is -1.95. The molecule has 0 saturated heterocycles. The van der Waals surface area contributed by atoms with Crippen LogP contribution in [0.1, 0.15) is 16.7 Å². The van der Waals surface area contributed by atoms with Gasteiger partial charge in [-0.25, -0.2) is 0 Å². The normalized spacial score (nSPS) is 11.4. The largest absolute Gasteiger partial charge is 0.416 e. The van der Waals surface area contributed by atoms with Gasteiger partial charge in [-0.1, -0.05) is 29.8 Å². The predicted molar refractivity (Wildman–Crippen MR) is 89.8 cm³/mol. The highest BCUT2D eigenvalue weighted by molar-refractivity contribution is 8.00. The van der Waals surface area contributed by atoms with Gasteiger partial charge in [0.15, 0.2) is 0 Å².